The zero-order valence-electron chi connectivity index (χ0n) is 12.4. The van der Waals surface area contributed by atoms with Crippen molar-refractivity contribution in [2.24, 2.45) is 5.10 Å². The van der Waals surface area contributed by atoms with Gasteiger partial charge in [-0.05, 0) is 64.0 Å². The highest BCUT2D eigenvalue weighted by Gasteiger charge is 2.32. The van der Waals surface area contributed by atoms with Crippen LogP contribution in [0.15, 0.2) is 55.5 Å². The molecule has 0 unspecified atom stereocenters. The molecular weight excluding hydrogens is 412 g/mol. The number of amides is 1. The summed E-state index contributed by atoms with van der Waals surface area (Å²) in [5, 5.41) is 5.40. The van der Waals surface area contributed by atoms with E-state index in [1.807, 2.05) is 18.2 Å². The summed E-state index contributed by atoms with van der Waals surface area (Å²) in [5.74, 6) is 1.04. The van der Waals surface area contributed by atoms with Crippen LogP contribution in [0.25, 0.3) is 6.08 Å². The van der Waals surface area contributed by atoms with E-state index in [2.05, 4.69) is 21.0 Å². The molecule has 1 aliphatic heterocycles. The minimum atomic E-state index is -0.273. The summed E-state index contributed by atoms with van der Waals surface area (Å²) >= 11 is 9.83. The quantitative estimate of drug-likeness (QED) is 0.417. The molecule has 0 radical (unpaired) electrons. The first kappa shape index (κ1) is 16.9. The standard InChI is InChI=1S/C16H11BrN2O3S2/c1-21-13-5-4-10(7-12(13)17)9-18-19-15(20)14(24-16(19)23)8-11-3-2-6-22-11/h2-9H,1H3. The van der Waals surface area contributed by atoms with Gasteiger partial charge < -0.3 is 9.15 Å². The SMILES string of the molecule is COc1ccc(C=NN2C(=O)C(=Cc3ccco3)SC2=S)cc1Br. The first-order valence-electron chi connectivity index (χ1n) is 6.77. The van der Waals surface area contributed by atoms with Gasteiger partial charge in [-0.15, -0.1) is 0 Å². The summed E-state index contributed by atoms with van der Waals surface area (Å²) in [6.45, 7) is 0. The van der Waals surface area contributed by atoms with Crippen LogP contribution in [0.2, 0.25) is 0 Å². The Morgan fingerprint density at radius 3 is 2.92 bits per heavy atom. The highest BCUT2D eigenvalue weighted by molar-refractivity contribution is 9.10. The minimum absolute atomic E-state index is 0.273. The van der Waals surface area contributed by atoms with E-state index in [9.17, 15) is 4.79 Å². The third kappa shape index (κ3) is 3.61. The van der Waals surface area contributed by atoms with Gasteiger partial charge in [0.15, 0.2) is 4.32 Å². The molecule has 0 atom stereocenters. The zero-order valence-corrected chi connectivity index (χ0v) is 15.7. The highest BCUT2D eigenvalue weighted by atomic mass is 79.9. The third-order valence-electron chi connectivity index (χ3n) is 3.09. The Labute approximate surface area is 156 Å². The first-order valence-corrected chi connectivity index (χ1v) is 8.79. The van der Waals surface area contributed by atoms with Gasteiger partial charge in [0.1, 0.15) is 11.5 Å². The van der Waals surface area contributed by atoms with Crippen LogP contribution in [0.3, 0.4) is 0 Å². The van der Waals surface area contributed by atoms with Crippen LogP contribution in [-0.4, -0.2) is 28.6 Å². The number of halogens is 1. The maximum atomic E-state index is 12.4. The molecule has 1 aromatic carbocycles. The number of carbonyl (C=O) groups is 1. The zero-order chi connectivity index (χ0) is 17.1. The molecule has 1 fully saturated rings. The lowest BCUT2D eigenvalue weighted by molar-refractivity contribution is -0.122. The van der Waals surface area contributed by atoms with Crippen LogP contribution in [-0.2, 0) is 4.79 Å². The van der Waals surface area contributed by atoms with Crippen molar-refractivity contribution in [3.8, 4) is 5.75 Å². The fraction of sp³-hybridized carbons (Fsp3) is 0.0625. The molecule has 1 aliphatic rings. The monoisotopic (exact) mass is 422 g/mol. The molecule has 0 spiro atoms. The first-order chi connectivity index (χ1) is 11.6. The van der Waals surface area contributed by atoms with E-state index in [1.54, 1.807) is 37.8 Å². The van der Waals surface area contributed by atoms with E-state index in [4.69, 9.17) is 21.4 Å². The van der Waals surface area contributed by atoms with Crippen molar-refractivity contribution < 1.29 is 13.9 Å². The third-order valence-corrected chi connectivity index (χ3v) is 4.99. The summed E-state index contributed by atoms with van der Waals surface area (Å²) in [6.07, 6.45) is 4.77. The van der Waals surface area contributed by atoms with Crippen molar-refractivity contribution in [3.05, 3.63) is 57.3 Å². The summed E-state index contributed by atoms with van der Waals surface area (Å²) in [5.41, 5.74) is 0.812. The highest BCUT2D eigenvalue weighted by Crippen LogP contribution is 2.33. The number of carbonyl (C=O) groups excluding carboxylic acids is 1. The van der Waals surface area contributed by atoms with Gasteiger partial charge in [0, 0.05) is 6.08 Å². The number of nitrogens with zero attached hydrogens (tertiary/aromatic N) is 2. The Kier molecular flexibility index (Phi) is 5.17. The van der Waals surface area contributed by atoms with Crippen molar-refractivity contribution in [2.45, 2.75) is 0 Å². The normalized spacial score (nSPS) is 16.6. The molecule has 1 aromatic heterocycles. The molecule has 122 valence electrons. The molecule has 8 heteroatoms. The molecule has 3 rings (SSSR count). The van der Waals surface area contributed by atoms with Crippen molar-refractivity contribution in [1.29, 1.82) is 0 Å². The number of ether oxygens (including phenoxy) is 1. The van der Waals surface area contributed by atoms with Crippen LogP contribution in [0, 0.1) is 0 Å². The maximum Gasteiger partial charge on any atom is 0.286 e. The molecule has 2 aromatic rings. The summed E-state index contributed by atoms with van der Waals surface area (Å²) in [4.78, 5) is 12.9. The van der Waals surface area contributed by atoms with Gasteiger partial charge in [0.25, 0.3) is 5.91 Å². The molecule has 0 N–H and O–H groups in total. The fourth-order valence-electron chi connectivity index (χ4n) is 1.95. The second-order valence-corrected chi connectivity index (χ2v) is 7.18. The van der Waals surface area contributed by atoms with Crippen LogP contribution in [0.1, 0.15) is 11.3 Å². The Morgan fingerprint density at radius 1 is 1.42 bits per heavy atom. The van der Waals surface area contributed by atoms with Crippen LogP contribution >= 0.6 is 39.9 Å². The van der Waals surface area contributed by atoms with Gasteiger partial charge in [-0.3, -0.25) is 4.79 Å². The van der Waals surface area contributed by atoms with Gasteiger partial charge in [-0.1, -0.05) is 11.8 Å². The van der Waals surface area contributed by atoms with Gasteiger partial charge >= 0.3 is 0 Å². The number of hydrogen-bond acceptors (Lipinski definition) is 6. The van der Waals surface area contributed by atoms with Crippen molar-refractivity contribution in [3.63, 3.8) is 0 Å². The van der Waals surface area contributed by atoms with Crippen molar-refractivity contribution in [2.75, 3.05) is 7.11 Å². The Morgan fingerprint density at radius 2 is 2.25 bits per heavy atom. The van der Waals surface area contributed by atoms with E-state index in [1.165, 1.54) is 16.8 Å². The van der Waals surface area contributed by atoms with Gasteiger partial charge in [-0.25, -0.2) is 0 Å². The summed E-state index contributed by atoms with van der Waals surface area (Å²) in [7, 11) is 1.60. The second-order valence-electron chi connectivity index (χ2n) is 4.65. The lowest BCUT2D eigenvalue weighted by atomic mass is 10.2. The van der Waals surface area contributed by atoms with Crippen LogP contribution < -0.4 is 4.74 Å². The molecule has 2 heterocycles. The maximum absolute atomic E-state index is 12.4. The molecule has 1 amide bonds. The average molecular weight is 423 g/mol. The molecule has 24 heavy (non-hydrogen) atoms. The lowest BCUT2D eigenvalue weighted by Crippen LogP contribution is -2.22. The Hall–Kier alpha value is -1.90. The Bertz CT molecular complexity index is 847. The molecule has 1 saturated heterocycles. The minimum Gasteiger partial charge on any atom is -0.496 e. The average Bonchev–Trinajstić information content (AvgIpc) is 3.15. The number of hydrazone groups is 1. The molecule has 0 saturated carbocycles. The molecule has 0 bridgehead atoms. The predicted molar refractivity (Wildman–Crippen MR) is 102 cm³/mol. The summed E-state index contributed by atoms with van der Waals surface area (Å²) in [6, 6.07) is 9.02. The molecular formula is C16H11BrN2O3S2. The largest absolute Gasteiger partial charge is 0.496 e. The topological polar surface area (TPSA) is 55.0 Å². The van der Waals surface area contributed by atoms with Crippen molar-refractivity contribution >= 4 is 62.4 Å². The number of rotatable bonds is 4. The van der Waals surface area contributed by atoms with E-state index >= 15 is 0 Å². The lowest BCUT2D eigenvalue weighted by Gasteiger charge is -2.07. The fourth-order valence-corrected chi connectivity index (χ4v) is 3.66. The molecule has 0 aliphatic carbocycles. The van der Waals surface area contributed by atoms with Crippen molar-refractivity contribution in [1.82, 2.24) is 5.01 Å². The van der Waals surface area contributed by atoms with Gasteiger partial charge in [0.05, 0.1) is 29.0 Å². The van der Waals surface area contributed by atoms with Gasteiger partial charge in [0.2, 0.25) is 0 Å². The molecule has 5 nitrogen and oxygen atoms in total. The number of methoxy groups -OCH3 is 1. The van der Waals surface area contributed by atoms with E-state index < -0.39 is 0 Å². The smallest absolute Gasteiger partial charge is 0.286 e. The van der Waals surface area contributed by atoms with Gasteiger partial charge in [-0.2, -0.15) is 10.1 Å². The number of thiocarbonyl (C=S) groups is 1. The predicted octanol–water partition coefficient (Wildman–Crippen LogP) is 4.29. The Balaban J connectivity index is 1.79. The second kappa shape index (κ2) is 7.33. The van der Waals surface area contributed by atoms with E-state index in [-0.39, 0.29) is 5.91 Å². The van der Waals surface area contributed by atoms with Crippen LogP contribution in [0.5, 0.6) is 5.75 Å². The number of benzene rings is 1. The van der Waals surface area contributed by atoms with E-state index in [0.29, 0.717) is 15.0 Å². The van der Waals surface area contributed by atoms with E-state index in [0.717, 1.165) is 15.8 Å². The number of furan rings is 1. The van der Waals surface area contributed by atoms with Crippen LogP contribution in [0.4, 0.5) is 0 Å². The number of hydrogen-bond donors (Lipinski definition) is 0. The summed E-state index contributed by atoms with van der Waals surface area (Å²) < 4.78 is 11.6. The number of thioether (sulfide) groups is 1.